The molecule has 1 fully saturated rings. The van der Waals surface area contributed by atoms with Crippen LogP contribution in [-0.4, -0.2) is 24.1 Å². The van der Waals surface area contributed by atoms with Crippen molar-refractivity contribution in [2.75, 3.05) is 7.05 Å². The van der Waals surface area contributed by atoms with E-state index in [0.29, 0.717) is 12.6 Å². The summed E-state index contributed by atoms with van der Waals surface area (Å²) in [6.45, 7) is 1.41. The summed E-state index contributed by atoms with van der Waals surface area (Å²) in [5, 5.41) is 6.62. The van der Waals surface area contributed by atoms with Crippen LogP contribution >= 0.6 is 0 Å². The second kappa shape index (κ2) is 9.06. The second-order valence-electron chi connectivity index (χ2n) is 6.29. The average Bonchev–Trinajstić information content (AvgIpc) is 3.17. The average molecular weight is 338 g/mol. The van der Waals surface area contributed by atoms with Crippen molar-refractivity contribution in [2.24, 2.45) is 4.99 Å². The summed E-state index contributed by atoms with van der Waals surface area (Å²) in [4.78, 5) is 8.67. The van der Waals surface area contributed by atoms with Crippen LogP contribution in [0.15, 0.2) is 53.7 Å². The van der Waals surface area contributed by atoms with Gasteiger partial charge >= 0.3 is 0 Å². The molecule has 5 nitrogen and oxygen atoms in total. The van der Waals surface area contributed by atoms with E-state index >= 15 is 0 Å². The van der Waals surface area contributed by atoms with E-state index in [1.165, 1.54) is 18.4 Å². The van der Waals surface area contributed by atoms with Gasteiger partial charge in [-0.2, -0.15) is 0 Å². The molecule has 132 valence electrons. The summed E-state index contributed by atoms with van der Waals surface area (Å²) in [6, 6.07) is 14.3. The van der Waals surface area contributed by atoms with Crippen LogP contribution < -0.4 is 15.4 Å². The van der Waals surface area contributed by atoms with Crippen LogP contribution in [0, 0.1) is 0 Å². The molecule has 0 aliphatic heterocycles. The summed E-state index contributed by atoms with van der Waals surface area (Å²) in [6.07, 6.45) is 7.03. The zero-order valence-corrected chi connectivity index (χ0v) is 14.7. The van der Waals surface area contributed by atoms with Gasteiger partial charge in [-0.15, -0.1) is 0 Å². The Hall–Kier alpha value is -2.56. The molecule has 0 spiro atoms. The van der Waals surface area contributed by atoms with Gasteiger partial charge in [0.15, 0.2) is 5.96 Å². The lowest BCUT2D eigenvalue weighted by atomic mass is 10.2. The van der Waals surface area contributed by atoms with Crippen LogP contribution in [0.4, 0.5) is 0 Å². The number of benzene rings is 1. The molecule has 2 N–H and O–H groups in total. The molecule has 0 bridgehead atoms. The lowest BCUT2D eigenvalue weighted by molar-refractivity contribution is 0.201. The van der Waals surface area contributed by atoms with E-state index in [9.17, 15) is 0 Å². The quantitative estimate of drug-likeness (QED) is 0.627. The van der Waals surface area contributed by atoms with Crippen molar-refractivity contribution in [3.63, 3.8) is 0 Å². The number of nitrogens with zero attached hydrogens (tertiary/aromatic N) is 2. The minimum absolute atomic E-state index is 0.345. The third kappa shape index (κ3) is 5.48. The summed E-state index contributed by atoms with van der Waals surface area (Å²) in [7, 11) is 1.77. The topological polar surface area (TPSA) is 58.5 Å². The highest BCUT2D eigenvalue weighted by Crippen LogP contribution is 2.22. The molecule has 1 heterocycles. The molecule has 1 aliphatic carbocycles. The van der Waals surface area contributed by atoms with Crippen molar-refractivity contribution in [1.82, 2.24) is 15.6 Å². The number of hydrogen-bond donors (Lipinski definition) is 2. The maximum absolute atomic E-state index is 5.90. The summed E-state index contributed by atoms with van der Waals surface area (Å²) >= 11 is 0. The Kier molecular flexibility index (Phi) is 6.26. The molecule has 0 saturated heterocycles. The van der Waals surface area contributed by atoms with Gasteiger partial charge in [-0.3, -0.25) is 4.99 Å². The first-order valence-electron chi connectivity index (χ1n) is 8.93. The zero-order valence-electron chi connectivity index (χ0n) is 14.7. The number of ether oxygens (including phenoxy) is 1. The fourth-order valence-corrected chi connectivity index (χ4v) is 2.95. The molecular formula is C20H26N4O. The van der Waals surface area contributed by atoms with E-state index in [0.717, 1.165) is 36.8 Å². The molecule has 1 aromatic carbocycles. The maximum Gasteiger partial charge on any atom is 0.213 e. The fraction of sp³-hybridized carbons (Fsp3) is 0.400. The van der Waals surface area contributed by atoms with Crippen molar-refractivity contribution in [1.29, 1.82) is 0 Å². The molecule has 1 aromatic heterocycles. The van der Waals surface area contributed by atoms with Crippen LogP contribution in [0.3, 0.4) is 0 Å². The molecule has 1 aliphatic rings. The Morgan fingerprint density at radius 1 is 1.04 bits per heavy atom. The van der Waals surface area contributed by atoms with Crippen LogP contribution in [0.5, 0.6) is 5.88 Å². The molecule has 25 heavy (non-hydrogen) atoms. The van der Waals surface area contributed by atoms with Gasteiger partial charge in [0.1, 0.15) is 6.10 Å². The monoisotopic (exact) mass is 338 g/mol. The summed E-state index contributed by atoms with van der Waals surface area (Å²) in [5.74, 6) is 1.50. The second-order valence-corrected chi connectivity index (χ2v) is 6.29. The van der Waals surface area contributed by atoms with Gasteiger partial charge < -0.3 is 15.4 Å². The van der Waals surface area contributed by atoms with Crippen molar-refractivity contribution in [2.45, 2.75) is 44.9 Å². The van der Waals surface area contributed by atoms with E-state index in [2.05, 4.69) is 38.8 Å². The van der Waals surface area contributed by atoms with Crippen LogP contribution in [-0.2, 0) is 13.1 Å². The van der Waals surface area contributed by atoms with Gasteiger partial charge in [0, 0.05) is 32.4 Å². The van der Waals surface area contributed by atoms with Crippen LogP contribution in [0.1, 0.15) is 36.8 Å². The number of guanidine groups is 1. The highest BCUT2D eigenvalue weighted by Gasteiger charge is 2.16. The predicted octanol–water partition coefficient (Wildman–Crippen LogP) is 3.27. The van der Waals surface area contributed by atoms with Gasteiger partial charge in [0.25, 0.3) is 0 Å². The largest absolute Gasteiger partial charge is 0.474 e. The van der Waals surface area contributed by atoms with Crippen molar-refractivity contribution >= 4 is 5.96 Å². The molecule has 1 saturated carbocycles. The Morgan fingerprint density at radius 2 is 1.76 bits per heavy atom. The molecule has 0 unspecified atom stereocenters. The first-order valence-corrected chi connectivity index (χ1v) is 8.93. The molecule has 0 radical (unpaired) electrons. The minimum atomic E-state index is 0.345. The van der Waals surface area contributed by atoms with Crippen LogP contribution in [0.25, 0.3) is 0 Å². The smallest absolute Gasteiger partial charge is 0.213 e. The molecule has 5 heteroatoms. The number of nitrogens with one attached hydrogen (secondary N) is 2. The molecule has 0 amide bonds. The molecular weight excluding hydrogens is 312 g/mol. The standard InChI is InChI=1S/C20H26N4O/c1-21-20(23-13-16-7-3-2-4-8-16)24-15-17-11-12-19(22-14-17)25-18-9-5-6-10-18/h2-4,7-8,11-12,14,18H,5-6,9-10,13,15H2,1H3,(H2,21,23,24). The number of hydrogen-bond acceptors (Lipinski definition) is 3. The highest BCUT2D eigenvalue weighted by molar-refractivity contribution is 5.79. The van der Waals surface area contributed by atoms with E-state index in [1.54, 1.807) is 7.05 Å². The normalized spacial score (nSPS) is 15.2. The lowest BCUT2D eigenvalue weighted by Crippen LogP contribution is -2.36. The lowest BCUT2D eigenvalue weighted by Gasteiger charge is -2.13. The predicted molar refractivity (Wildman–Crippen MR) is 101 cm³/mol. The number of rotatable bonds is 6. The maximum atomic E-state index is 5.90. The SMILES string of the molecule is CN=C(NCc1ccccc1)NCc1ccc(OC2CCCC2)nc1. The molecule has 2 aromatic rings. The minimum Gasteiger partial charge on any atom is -0.474 e. The Bertz CT molecular complexity index is 664. The number of pyridine rings is 1. The summed E-state index contributed by atoms with van der Waals surface area (Å²) < 4.78 is 5.90. The number of aliphatic imine (C=N–C) groups is 1. The number of aromatic nitrogens is 1. The molecule has 3 rings (SSSR count). The van der Waals surface area contributed by atoms with Gasteiger partial charge in [0.2, 0.25) is 5.88 Å². The Balaban J connectivity index is 1.44. The fourth-order valence-electron chi connectivity index (χ4n) is 2.95. The zero-order chi connectivity index (χ0) is 17.3. The van der Waals surface area contributed by atoms with E-state index in [-0.39, 0.29) is 0 Å². The van der Waals surface area contributed by atoms with Gasteiger partial charge in [-0.1, -0.05) is 36.4 Å². The van der Waals surface area contributed by atoms with Gasteiger partial charge in [0.05, 0.1) is 0 Å². The van der Waals surface area contributed by atoms with Gasteiger partial charge in [-0.25, -0.2) is 4.98 Å². The van der Waals surface area contributed by atoms with Crippen molar-refractivity contribution in [3.8, 4) is 5.88 Å². The van der Waals surface area contributed by atoms with Crippen molar-refractivity contribution < 1.29 is 4.74 Å². The van der Waals surface area contributed by atoms with E-state index in [1.807, 2.05) is 30.5 Å². The molecule has 0 atom stereocenters. The Labute approximate surface area is 149 Å². The van der Waals surface area contributed by atoms with E-state index in [4.69, 9.17) is 4.74 Å². The first kappa shape index (κ1) is 17.3. The third-order valence-corrected chi connectivity index (χ3v) is 4.37. The highest BCUT2D eigenvalue weighted by atomic mass is 16.5. The summed E-state index contributed by atoms with van der Waals surface area (Å²) in [5.41, 5.74) is 2.32. The van der Waals surface area contributed by atoms with Crippen molar-refractivity contribution in [3.05, 3.63) is 59.8 Å². The third-order valence-electron chi connectivity index (χ3n) is 4.37. The van der Waals surface area contributed by atoms with Crippen LogP contribution in [0.2, 0.25) is 0 Å². The van der Waals surface area contributed by atoms with E-state index < -0.39 is 0 Å². The first-order chi connectivity index (χ1) is 12.3. The Morgan fingerprint density at radius 3 is 2.40 bits per heavy atom. The van der Waals surface area contributed by atoms with Gasteiger partial charge in [-0.05, 0) is 36.8 Å².